The van der Waals surface area contributed by atoms with E-state index in [0.29, 0.717) is 46.5 Å². The van der Waals surface area contributed by atoms with Crippen LogP contribution in [0.3, 0.4) is 0 Å². The first-order chi connectivity index (χ1) is 15.2. The Hall–Kier alpha value is -2.54. The summed E-state index contributed by atoms with van der Waals surface area (Å²) in [5, 5.41) is 11.9. The van der Waals surface area contributed by atoms with E-state index in [9.17, 15) is 14.7 Å². The first kappa shape index (κ1) is 24.1. The molecule has 0 bridgehead atoms. The zero-order valence-electron chi connectivity index (χ0n) is 18.3. The monoisotopic (exact) mass is 476 g/mol. The fraction of sp³-hybridized carbons (Fsp3) is 0.333. The molecule has 8 heteroatoms. The minimum Gasteiger partial charge on any atom is -0.507 e. The minimum atomic E-state index is -0.749. The summed E-state index contributed by atoms with van der Waals surface area (Å²) in [5.74, 6) is -1.19. The van der Waals surface area contributed by atoms with Crippen molar-refractivity contribution in [1.29, 1.82) is 0 Å². The molecular formula is C24H26Cl2N2O4. The number of nitrogens with zero attached hydrogens (tertiary/aromatic N) is 2. The summed E-state index contributed by atoms with van der Waals surface area (Å²) in [6, 6.07) is 11.0. The van der Waals surface area contributed by atoms with E-state index < -0.39 is 17.7 Å². The number of ether oxygens (including phenoxy) is 1. The molecule has 2 aromatic rings. The van der Waals surface area contributed by atoms with Crippen LogP contribution in [-0.4, -0.2) is 60.4 Å². The molecule has 1 aliphatic rings. The van der Waals surface area contributed by atoms with Gasteiger partial charge in [-0.15, -0.1) is 0 Å². The molecule has 0 aliphatic carbocycles. The van der Waals surface area contributed by atoms with Crippen LogP contribution in [0.1, 0.15) is 30.5 Å². The Balaban J connectivity index is 2.09. The van der Waals surface area contributed by atoms with Crippen LogP contribution < -0.4 is 4.74 Å². The van der Waals surface area contributed by atoms with Gasteiger partial charge in [0, 0.05) is 17.1 Å². The van der Waals surface area contributed by atoms with Crippen LogP contribution in [0.15, 0.2) is 48.0 Å². The van der Waals surface area contributed by atoms with E-state index in [-0.39, 0.29) is 11.3 Å². The van der Waals surface area contributed by atoms with Gasteiger partial charge in [-0.3, -0.25) is 9.59 Å². The van der Waals surface area contributed by atoms with Gasteiger partial charge < -0.3 is 19.6 Å². The number of aliphatic hydroxyl groups is 1. The van der Waals surface area contributed by atoms with E-state index >= 15 is 0 Å². The third-order valence-electron chi connectivity index (χ3n) is 5.21. The smallest absolute Gasteiger partial charge is 0.295 e. The van der Waals surface area contributed by atoms with Gasteiger partial charge in [0.05, 0.1) is 23.2 Å². The van der Waals surface area contributed by atoms with Gasteiger partial charge in [0.25, 0.3) is 11.7 Å². The molecule has 1 fully saturated rings. The van der Waals surface area contributed by atoms with E-state index in [1.165, 1.54) is 11.0 Å². The number of hydrogen-bond donors (Lipinski definition) is 1. The quantitative estimate of drug-likeness (QED) is 0.337. The van der Waals surface area contributed by atoms with Crippen molar-refractivity contribution in [3.63, 3.8) is 0 Å². The Kier molecular flexibility index (Phi) is 7.82. The summed E-state index contributed by atoms with van der Waals surface area (Å²) in [6.45, 7) is 3.39. The number of ketones is 1. The second-order valence-corrected chi connectivity index (χ2v) is 8.63. The van der Waals surface area contributed by atoms with Crippen molar-refractivity contribution in [1.82, 2.24) is 9.80 Å². The van der Waals surface area contributed by atoms with Crippen molar-refractivity contribution in [3.8, 4) is 5.75 Å². The molecule has 0 radical (unpaired) electrons. The number of amides is 1. The largest absolute Gasteiger partial charge is 0.507 e. The molecule has 2 aromatic carbocycles. The zero-order valence-corrected chi connectivity index (χ0v) is 19.8. The number of likely N-dealkylation sites (tertiary alicyclic amines) is 1. The molecule has 170 valence electrons. The summed E-state index contributed by atoms with van der Waals surface area (Å²) in [4.78, 5) is 29.5. The van der Waals surface area contributed by atoms with Gasteiger partial charge in [-0.05, 0) is 69.9 Å². The molecule has 0 unspecified atom stereocenters. The van der Waals surface area contributed by atoms with Crippen LogP contribution in [0, 0.1) is 0 Å². The Morgan fingerprint density at radius 1 is 1.16 bits per heavy atom. The third kappa shape index (κ3) is 5.09. The molecule has 0 saturated carbocycles. The van der Waals surface area contributed by atoms with Crippen LogP contribution in [0.25, 0.3) is 5.76 Å². The molecule has 1 amide bonds. The first-order valence-electron chi connectivity index (χ1n) is 10.4. The van der Waals surface area contributed by atoms with E-state index in [1.807, 2.05) is 25.9 Å². The van der Waals surface area contributed by atoms with E-state index in [4.69, 9.17) is 27.9 Å². The number of Topliss-reactive ketones (excluding diaryl/α,β-unsaturated/α-hetero) is 1. The normalized spacial score (nSPS) is 17.9. The average Bonchev–Trinajstić information content (AvgIpc) is 2.99. The highest BCUT2D eigenvalue weighted by atomic mass is 35.5. The lowest BCUT2D eigenvalue weighted by atomic mass is 9.95. The van der Waals surface area contributed by atoms with Crippen molar-refractivity contribution >= 4 is 40.7 Å². The molecule has 1 heterocycles. The standard InChI is InChI=1S/C24H26Cl2N2O4/c1-4-32-19-10-9-16(14-18(19)26)22(29)20-21(15-7-5-8-17(25)13-15)28(24(31)23(20)30)12-6-11-27(2)3/h5,7-10,13-14,21,29H,4,6,11-12H2,1-3H3/t21-/m0/s1. The highest BCUT2D eigenvalue weighted by Crippen LogP contribution is 2.40. The number of hydrogen-bond acceptors (Lipinski definition) is 5. The lowest BCUT2D eigenvalue weighted by Gasteiger charge is -2.26. The maximum absolute atomic E-state index is 13.0. The van der Waals surface area contributed by atoms with E-state index in [1.54, 1.807) is 36.4 Å². The SMILES string of the molecule is CCOc1ccc(C(O)=C2C(=O)C(=O)N(CCCN(C)C)[C@H]2c2cccc(Cl)c2)cc1Cl. The number of benzene rings is 2. The summed E-state index contributed by atoms with van der Waals surface area (Å²) in [5.41, 5.74) is 0.999. The number of halogens is 2. The fourth-order valence-electron chi connectivity index (χ4n) is 3.77. The lowest BCUT2D eigenvalue weighted by Crippen LogP contribution is -2.32. The Morgan fingerprint density at radius 3 is 2.53 bits per heavy atom. The molecule has 0 aromatic heterocycles. The molecule has 6 nitrogen and oxygen atoms in total. The molecule has 0 spiro atoms. The summed E-state index contributed by atoms with van der Waals surface area (Å²) in [6.07, 6.45) is 0.673. The summed E-state index contributed by atoms with van der Waals surface area (Å²) < 4.78 is 5.44. The number of carbonyl (C=O) groups excluding carboxylic acids is 2. The van der Waals surface area contributed by atoms with Crippen molar-refractivity contribution in [2.75, 3.05) is 33.8 Å². The lowest BCUT2D eigenvalue weighted by molar-refractivity contribution is -0.139. The van der Waals surface area contributed by atoms with Crippen LogP contribution in [0.4, 0.5) is 0 Å². The van der Waals surface area contributed by atoms with Crippen molar-refractivity contribution in [2.24, 2.45) is 0 Å². The molecule has 1 aliphatic heterocycles. The van der Waals surface area contributed by atoms with E-state index in [0.717, 1.165) is 6.54 Å². The summed E-state index contributed by atoms with van der Waals surface area (Å²) >= 11 is 12.5. The number of rotatable bonds is 8. The van der Waals surface area contributed by atoms with Crippen LogP contribution >= 0.6 is 23.2 Å². The van der Waals surface area contributed by atoms with Gasteiger partial charge >= 0.3 is 0 Å². The van der Waals surface area contributed by atoms with Crippen molar-refractivity contribution < 1.29 is 19.4 Å². The maximum Gasteiger partial charge on any atom is 0.295 e. The van der Waals surface area contributed by atoms with Crippen LogP contribution in [0.2, 0.25) is 10.0 Å². The van der Waals surface area contributed by atoms with Crippen LogP contribution in [0.5, 0.6) is 5.75 Å². The Morgan fingerprint density at radius 2 is 1.91 bits per heavy atom. The third-order valence-corrected chi connectivity index (χ3v) is 5.74. The predicted octanol–water partition coefficient (Wildman–Crippen LogP) is 4.77. The highest BCUT2D eigenvalue weighted by Gasteiger charge is 2.45. The number of aliphatic hydroxyl groups excluding tert-OH is 1. The van der Waals surface area contributed by atoms with Gasteiger partial charge in [-0.1, -0.05) is 35.3 Å². The molecule has 3 rings (SSSR count). The van der Waals surface area contributed by atoms with Gasteiger partial charge in [0.15, 0.2) is 0 Å². The highest BCUT2D eigenvalue weighted by molar-refractivity contribution is 6.46. The second-order valence-electron chi connectivity index (χ2n) is 7.78. The fourth-order valence-corrected chi connectivity index (χ4v) is 4.20. The molecule has 1 N–H and O–H groups in total. The minimum absolute atomic E-state index is 0.0161. The van der Waals surface area contributed by atoms with Crippen molar-refractivity contribution in [2.45, 2.75) is 19.4 Å². The van der Waals surface area contributed by atoms with Crippen LogP contribution in [-0.2, 0) is 9.59 Å². The Labute approximate surface area is 198 Å². The second kappa shape index (κ2) is 10.4. The van der Waals surface area contributed by atoms with Gasteiger partial charge in [-0.25, -0.2) is 0 Å². The maximum atomic E-state index is 13.0. The molecule has 1 atom stereocenters. The first-order valence-corrected chi connectivity index (χ1v) is 11.1. The van der Waals surface area contributed by atoms with Gasteiger partial charge in [0.2, 0.25) is 0 Å². The number of carbonyl (C=O) groups is 2. The Bertz CT molecular complexity index is 1050. The zero-order chi connectivity index (χ0) is 23.4. The molecule has 32 heavy (non-hydrogen) atoms. The topological polar surface area (TPSA) is 70.1 Å². The van der Waals surface area contributed by atoms with Crippen molar-refractivity contribution in [3.05, 3.63) is 69.2 Å². The van der Waals surface area contributed by atoms with Gasteiger partial charge in [-0.2, -0.15) is 0 Å². The summed E-state index contributed by atoms with van der Waals surface area (Å²) in [7, 11) is 3.89. The van der Waals surface area contributed by atoms with E-state index in [2.05, 4.69) is 0 Å². The molecule has 1 saturated heterocycles. The predicted molar refractivity (Wildman–Crippen MR) is 126 cm³/mol. The van der Waals surface area contributed by atoms with Gasteiger partial charge in [0.1, 0.15) is 11.5 Å². The molecular weight excluding hydrogens is 451 g/mol. The average molecular weight is 477 g/mol.